The van der Waals surface area contributed by atoms with Gasteiger partial charge in [-0.25, -0.2) is 0 Å². The molecule has 15 nitrogen and oxygen atoms in total. The number of fused-ring (bicyclic) bond motifs is 2. The highest BCUT2D eigenvalue weighted by molar-refractivity contribution is 7.86. The smallest absolute Gasteiger partial charge is 0.296 e. The molecular weight excluding hydrogens is 722 g/mol. The summed E-state index contributed by atoms with van der Waals surface area (Å²) in [6.45, 7) is 6.25. The minimum absolute atomic E-state index is 0.0113. The molecule has 0 bridgehead atoms. The minimum atomic E-state index is -5.06. The molecule has 1 aliphatic rings. The van der Waals surface area contributed by atoms with Gasteiger partial charge < -0.3 is 21.7 Å². The summed E-state index contributed by atoms with van der Waals surface area (Å²) >= 11 is 6.22. The highest BCUT2D eigenvalue weighted by atomic mass is 35.5. The van der Waals surface area contributed by atoms with Crippen molar-refractivity contribution in [1.82, 2.24) is 15.0 Å². The number of rotatable bonds is 8. The molecule has 51 heavy (non-hydrogen) atoms. The Kier molecular flexibility index (Phi) is 8.81. The van der Waals surface area contributed by atoms with Gasteiger partial charge in [0.05, 0.1) is 28.2 Å². The van der Waals surface area contributed by atoms with Crippen molar-refractivity contribution >= 4 is 83.7 Å². The van der Waals surface area contributed by atoms with E-state index in [2.05, 4.69) is 30.9 Å². The van der Waals surface area contributed by atoms with Gasteiger partial charge in [-0.2, -0.15) is 31.8 Å². The highest BCUT2D eigenvalue weighted by Gasteiger charge is 2.37. The number of nitrogens with zero attached hydrogens (tertiary/aromatic N) is 3. The quantitative estimate of drug-likeness (QED) is 0.0791. The van der Waals surface area contributed by atoms with E-state index in [1.807, 2.05) is 25.1 Å². The van der Waals surface area contributed by atoms with Crippen LogP contribution in [0.3, 0.4) is 0 Å². The maximum atomic E-state index is 13.9. The van der Waals surface area contributed by atoms with Gasteiger partial charge in [0.1, 0.15) is 9.79 Å². The fraction of sp³-hybridized carbons (Fsp3) is 0.121. The monoisotopic (exact) mass is 749 g/mol. The lowest BCUT2D eigenvalue weighted by atomic mass is 9.82. The molecule has 1 aromatic heterocycles. The number of aryl methyl sites for hydroxylation is 1. The predicted octanol–water partition coefficient (Wildman–Crippen LogP) is 5.84. The van der Waals surface area contributed by atoms with E-state index < -0.39 is 52.8 Å². The molecule has 5 aromatic rings. The first-order valence-corrected chi connectivity index (χ1v) is 18.2. The van der Waals surface area contributed by atoms with E-state index in [0.29, 0.717) is 5.69 Å². The van der Waals surface area contributed by atoms with Crippen LogP contribution in [0.1, 0.15) is 54.1 Å². The number of hydrogen-bond acceptors (Lipinski definition) is 13. The van der Waals surface area contributed by atoms with Crippen LogP contribution in [-0.2, 0) is 20.2 Å². The Labute approximate surface area is 296 Å². The van der Waals surface area contributed by atoms with Crippen molar-refractivity contribution < 1.29 is 35.5 Å². The molecule has 0 fully saturated rings. The largest absolute Gasteiger partial charge is 0.397 e. The van der Waals surface area contributed by atoms with Crippen LogP contribution in [0.5, 0.6) is 0 Å². The van der Waals surface area contributed by atoms with Crippen LogP contribution < -0.4 is 21.7 Å². The first-order valence-electron chi connectivity index (χ1n) is 14.9. The molecule has 0 spiro atoms. The Balaban J connectivity index is 1.55. The Morgan fingerprint density at radius 2 is 1.25 bits per heavy atom. The van der Waals surface area contributed by atoms with Crippen LogP contribution >= 0.6 is 11.6 Å². The summed E-state index contributed by atoms with van der Waals surface area (Å²) in [5.74, 6) is -1.54. The average Bonchev–Trinajstić information content (AvgIpc) is 3.03. The minimum Gasteiger partial charge on any atom is -0.397 e. The topological polar surface area (TPSA) is 244 Å². The first kappa shape index (κ1) is 35.4. The summed E-state index contributed by atoms with van der Waals surface area (Å²) in [6.07, 6.45) is 0. The zero-order valence-corrected chi connectivity index (χ0v) is 29.5. The van der Waals surface area contributed by atoms with Crippen LogP contribution in [0.2, 0.25) is 5.28 Å². The number of nitrogens with two attached hydrogens (primary N) is 1. The lowest BCUT2D eigenvalue weighted by Gasteiger charge is -2.26. The molecule has 6 rings (SSSR count). The molecular formula is C33H28ClN7O8S2. The molecule has 18 heteroatoms. The second-order valence-corrected chi connectivity index (χ2v) is 14.8. The second-order valence-electron chi connectivity index (χ2n) is 11.7. The molecule has 0 unspecified atom stereocenters. The molecule has 7 N–H and O–H groups in total. The van der Waals surface area contributed by atoms with Crippen LogP contribution in [0.25, 0.3) is 0 Å². The summed E-state index contributed by atoms with van der Waals surface area (Å²) in [5.41, 5.74) is 6.30. The first-order chi connectivity index (χ1) is 23.9. The molecule has 262 valence electrons. The molecule has 1 aliphatic carbocycles. The molecule has 0 aliphatic heterocycles. The number of carbonyl (C=O) groups is 2. The number of benzene rings is 4. The van der Waals surface area contributed by atoms with Gasteiger partial charge in [0, 0.05) is 22.5 Å². The lowest BCUT2D eigenvalue weighted by Crippen LogP contribution is -2.25. The van der Waals surface area contributed by atoms with E-state index >= 15 is 0 Å². The Hall–Kier alpha value is -5.46. The number of ketones is 2. The van der Waals surface area contributed by atoms with Crippen molar-refractivity contribution in [1.29, 1.82) is 0 Å². The predicted molar refractivity (Wildman–Crippen MR) is 190 cm³/mol. The van der Waals surface area contributed by atoms with Crippen molar-refractivity contribution in [3.05, 3.63) is 104 Å². The van der Waals surface area contributed by atoms with Gasteiger partial charge in [-0.1, -0.05) is 36.4 Å². The Morgan fingerprint density at radius 3 is 1.82 bits per heavy atom. The number of nitrogen functional groups attached to an aromatic ring is 1. The normalized spacial score (nSPS) is 12.7. The van der Waals surface area contributed by atoms with Gasteiger partial charge in [0.2, 0.25) is 17.2 Å². The lowest BCUT2D eigenvalue weighted by molar-refractivity contribution is 0.0980. The third kappa shape index (κ3) is 6.48. The number of carbonyl (C=O) groups excluding carboxylic acids is 2. The van der Waals surface area contributed by atoms with E-state index in [4.69, 9.17) is 17.3 Å². The second kappa shape index (κ2) is 12.7. The zero-order chi connectivity index (χ0) is 37.2. The molecule has 0 amide bonds. The van der Waals surface area contributed by atoms with Crippen LogP contribution in [0.4, 0.5) is 40.3 Å². The fourth-order valence-electron chi connectivity index (χ4n) is 6.12. The third-order valence-corrected chi connectivity index (χ3v) is 10.5. The number of nitrogens with one attached hydrogen (secondary N) is 3. The van der Waals surface area contributed by atoms with Gasteiger partial charge >= 0.3 is 0 Å². The Morgan fingerprint density at radius 1 is 0.686 bits per heavy atom. The van der Waals surface area contributed by atoms with Gasteiger partial charge in [0.15, 0.2) is 11.6 Å². The fourth-order valence-corrected chi connectivity index (χ4v) is 7.91. The standard InChI is InChI=1S/C33H28ClN7O8S2/c1-14-8-7-9-18(12-14)36-32-39-31(34)40-33(41-32)38-27-15(2)26(16(3)30(17(27)4)51(47,48)49)37-21-13-22(50(44,45)46)25(35)24-23(21)28(42)19-10-5-6-11-20(19)29(24)43/h5-13,37H,35H2,1-4H3,(H,44,45,46)(H,47,48,49)(H2,36,38,39,40,41). The molecule has 1 heterocycles. The van der Waals surface area contributed by atoms with Crippen LogP contribution in [0.15, 0.2) is 64.4 Å². The van der Waals surface area contributed by atoms with Crippen molar-refractivity contribution in [2.75, 3.05) is 21.7 Å². The highest BCUT2D eigenvalue weighted by Crippen LogP contribution is 2.44. The van der Waals surface area contributed by atoms with Crippen molar-refractivity contribution in [2.45, 2.75) is 37.5 Å². The van der Waals surface area contributed by atoms with E-state index in [1.54, 1.807) is 13.0 Å². The van der Waals surface area contributed by atoms with Gasteiger partial charge in [0.25, 0.3) is 20.2 Å². The summed E-state index contributed by atoms with van der Waals surface area (Å²) in [6, 6.07) is 14.1. The zero-order valence-electron chi connectivity index (χ0n) is 27.2. The summed E-state index contributed by atoms with van der Waals surface area (Å²) in [5, 5.41) is 8.65. The van der Waals surface area contributed by atoms with Gasteiger partial charge in [-0.3, -0.25) is 18.7 Å². The molecule has 0 atom stereocenters. The molecule has 4 aromatic carbocycles. The van der Waals surface area contributed by atoms with E-state index in [0.717, 1.165) is 11.6 Å². The van der Waals surface area contributed by atoms with Crippen molar-refractivity contribution in [2.24, 2.45) is 0 Å². The van der Waals surface area contributed by atoms with Crippen molar-refractivity contribution in [3.63, 3.8) is 0 Å². The SMILES string of the molecule is Cc1cccc(Nc2nc(Cl)nc(Nc3c(C)c(Nc4cc(S(=O)(=O)O)c(N)c5c4C(=O)c4ccccc4C5=O)c(C)c(S(=O)(=O)O)c3C)n2)c1. The number of hydrogen-bond donors (Lipinski definition) is 6. The summed E-state index contributed by atoms with van der Waals surface area (Å²) < 4.78 is 71.1. The van der Waals surface area contributed by atoms with Crippen LogP contribution in [-0.4, -0.2) is 52.5 Å². The maximum Gasteiger partial charge on any atom is 0.296 e. The van der Waals surface area contributed by atoms with E-state index in [9.17, 15) is 35.5 Å². The van der Waals surface area contributed by atoms with Crippen molar-refractivity contribution in [3.8, 4) is 0 Å². The molecule has 0 saturated carbocycles. The van der Waals surface area contributed by atoms with Crippen LogP contribution in [0, 0.1) is 27.7 Å². The van der Waals surface area contributed by atoms with E-state index in [1.165, 1.54) is 38.1 Å². The van der Waals surface area contributed by atoms with E-state index in [-0.39, 0.29) is 67.6 Å². The number of aromatic nitrogens is 3. The Bertz CT molecular complexity index is 2580. The average molecular weight is 750 g/mol. The summed E-state index contributed by atoms with van der Waals surface area (Å²) in [7, 11) is -9.99. The summed E-state index contributed by atoms with van der Waals surface area (Å²) in [4.78, 5) is 38.7. The van der Waals surface area contributed by atoms with Gasteiger partial charge in [-0.15, -0.1) is 0 Å². The molecule has 0 radical (unpaired) electrons. The molecule has 0 saturated heterocycles. The third-order valence-electron chi connectivity index (χ3n) is 8.30. The van der Waals surface area contributed by atoms with Gasteiger partial charge in [-0.05, 0) is 79.7 Å². The maximum absolute atomic E-state index is 13.9. The number of halogens is 1. The number of anilines is 7.